The number of halogens is 1. The highest BCUT2D eigenvalue weighted by Crippen LogP contribution is 2.29. The largest absolute Gasteiger partial charge is 0.384 e. The molecule has 0 unspecified atom stereocenters. The van der Waals surface area contributed by atoms with Gasteiger partial charge in [-0.3, -0.25) is 4.79 Å². The highest BCUT2D eigenvalue weighted by atomic mass is 35.5. The Morgan fingerprint density at radius 1 is 1.04 bits per heavy atom. The van der Waals surface area contributed by atoms with Gasteiger partial charge in [0, 0.05) is 29.4 Å². The Morgan fingerprint density at radius 3 is 2.35 bits per heavy atom. The molecule has 3 nitrogen and oxygen atoms in total. The number of benzene rings is 2. The fourth-order valence-electron chi connectivity index (χ4n) is 2.36. The van der Waals surface area contributed by atoms with E-state index in [1.807, 2.05) is 12.1 Å². The van der Waals surface area contributed by atoms with Gasteiger partial charge in [-0.15, -0.1) is 0 Å². The number of amides is 1. The Hall–Kier alpha value is -2.00. The van der Waals surface area contributed by atoms with Crippen LogP contribution in [0.5, 0.6) is 0 Å². The Morgan fingerprint density at radius 2 is 1.70 bits per heavy atom. The summed E-state index contributed by atoms with van der Waals surface area (Å²) < 4.78 is 0. The van der Waals surface area contributed by atoms with Gasteiger partial charge < -0.3 is 10.6 Å². The molecule has 0 radical (unpaired) electrons. The molecule has 4 heteroatoms. The standard InChI is InChI=1S/C19H23ClN2O/c1-19(2,3)16-6-4-5-7-17(16)21-13-12-18(23)22-15-10-8-14(20)9-11-15/h4-11,21H,12-13H2,1-3H3,(H,22,23). The Bertz CT molecular complexity index is 660. The van der Waals surface area contributed by atoms with Gasteiger partial charge in [-0.05, 0) is 41.3 Å². The van der Waals surface area contributed by atoms with E-state index in [1.54, 1.807) is 24.3 Å². The van der Waals surface area contributed by atoms with Crippen molar-refractivity contribution in [2.45, 2.75) is 32.6 Å². The van der Waals surface area contributed by atoms with Crippen molar-refractivity contribution < 1.29 is 4.79 Å². The summed E-state index contributed by atoms with van der Waals surface area (Å²) in [6.45, 7) is 7.13. The van der Waals surface area contributed by atoms with Gasteiger partial charge in [-0.1, -0.05) is 50.6 Å². The molecule has 0 aliphatic rings. The second-order valence-electron chi connectivity index (χ2n) is 6.53. The van der Waals surface area contributed by atoms with Crippen LogP contribution in [0.25, 0.3) is 0 Å². The molecule has 122 valence electrons. The normalized spacial score (nSPS) is 11.1. The van der Waals surface area contributed by atoms with E-state index in [1.165, 1.54) is 5.56 Å². The lowest BCUT2D eigenvalue weighted by Gasteiger charge is -2.23. The van der Waals surface area contributed by atoms with Gasteiger partial charge in [0.2, 0.25) is 5.91 Å². The van der Waals surface area contributed by atoms with Crippen molar-refractivity contribution in [3.63, 3.8) is 0 Å². The van der Waals surface area contributed by atoms with Crippen LogP contribution in [0.2, 0.25) is 5.02 Å². The minimum atomic E-state index is -0.0203. The number of anilines is 2. The number of rotatable bonds is 5. The first kappa shape index (κ1) is 17.4. The molecule has 2 aromatic carbocycles. The maximum Gasteiger partial charge on any atom is 0.226 e. The van der Waals surface area contributed by atoms with Crippen LogP contribution in [0.15, 0.2) is 48.5 Å². The van der Waals surface area contributed by atoms with Crippen molar-refractivity contribution in [1.82, 2.24) is 0 Å². The molecule has 23 heavy (non-hydrogen) atoms. The number of carbonyl (C=O) groups excluding carboxylic acids is 1. The molecule has 0 fully saturated rings. The fourth-order valence-corrected chi connectivity index (χ4v) is 2.48. The molecule has 0 aliphatic carbocycles. The molecule has 0 heterocycles. The average Bonchev–Trinajstić information content (AvgIpc) is 2.49. The number of nitrogens with one attached hydrogen (secondary N) is 2. The molecule has 0 saturated carbocycles. The van der Waals surface area contributed by atoms with E-state index in [-0.39, 0.29) is 11.3 Å². The van der Waals surface area contributed by atoms with Crippen molar-refractivity contribution in [3.05, 3.63) is 59.1 Å². The highest BCUT2D eigenvalue weighted by Gasteiger charge is 2.17. The van der Waals surface area contributed by atoms with Gasteiger partial charge in [-0.2, -0.15) is 0 Å². The van der Waals surface area contributed by atoms with E-state index < -0.39 is 0 Å². The summed E-state index contributed by atoms with van der Waals surface area (Å²) in [5.74, 6) is -0.0203. The van der Waals surface area contributed by atoms with E-state index in [0.29, 0.717) is 18.0 Å². The predicted molar refractivity (Wildman–Crippen MR) is 98.3 cm³/mol. The van der Waals surface area contributed by atoms with Crippen molar-refractivity contribution in [2.75, 3.05) is 17.2 Å². The minimum Gasteiger partial charge on any atom is -0.384 e. The van der Waals surface area contributed by atoms with E-state index in [4.69, 9.17) is 11.6 Å². The number of hydrogen-bond acceptors (Lipinski definition) is 2. The molecule has 0 atom stereocenters. The first-order valence-electron chi connectivity index (χ1n) is 7.75. The van der Waals surface area contributed by atoms with Crippen molar-refractivity contribution in [1.29, 1.82) is 0 Å². The van der Waals surface area contributed by atoms with Crippen LogP contribution in [0.1, 0.15) is 32.8 Å². The topological polar surface area (TPSA) is 41.1 Å². The third kappa shape index (κ3) is 5.29. The summed E-state index contributed by atoms with van der Waals surface area (Å²) in [6.07, 6.45) is 0.404. The van der Waals surface area contributed by atoms with Crippen LogP contribution < -0.4 is 10.6 Å². The van der Waals surface area contributed by atoms with Crippen LogP contribution in [0.4, 0.5) is 11.4 Å². The lowest BCUT2D eigenvalue weighted by Crippen LogP contribution is -2.19. The number of carbonyl (C=O) groups is 1. The third-order valence-corrected chi connectivity index (χ3v) is 3.78. The molecule has 2 aromatic rings. The Labute approximate surface area is 143 Å². The summed E-state index contributed by atoms with van der Waals surface area (Å²) in [4.78, 5) is 12.0. The molecular weight excluding hydrogens is 308 g/mol. The molecular formula is C19H23ClN2O. The van der Waals surface area contributed by atoms with Gasteiger partial charge in [0.15, 0.2) is 0 Å². The monoisotopic (exact) mass is 330 g/mol. The molecule has 2 N–H and O–H groups in total. The van der Waals surface area contributed by atoms with Crippen molar-refractivity contribution >= 4 is 28.9 Å². The first-order valence-corrected chi connectivity index (χ1v) is 8.13. The summed E-state index contributed by atoms with van der Waals surface area (Å²) in [5, 5.41) is 6.88. The quantitative estimate of drug-likeness (QED) is 0.802. The van der Waals surface area contributed by atoms with E-state index in [2.05, 4.69) is 43.5 Å². The molecule has 0 aromatic heterocycles. The second kappa shape index (κ2) is 7.51. The zero-order chi connectivity index (χ0) is 16.9. The first-order chi connectivity index (χ1) is 10.9. The van der Waals surface area contributed by atoms with E-state index in [0.717, 1.165) is 11.4 Å². The summed E-state index contributed by atoms with van der Waals surface area (Å²) >= 11 is 5.83. The zero-order valence-electron chi connectivity index (χ0n) is 13.8. The van der Waals surface area contributed by atoms with Crippen LogP contribution in [-0.4, -0.2) is 12.5 Å². The number of hydrogen-bond donors (Lipinski definition) is 2. The number of para-hydroxylation sites is 1. The average molecular weight is 331 g/mol. The smallest absolute Gasteiger partial charge is 0.226 e. The molecule has 0 aliphatic heterocycles. The third-order valence-electron chi connectivity index (χ3n) is 3.53. The maximum atomic E-state index is 12.0. The van der Waals surface area contributed by atoms with E-state index >= 15 is 0 Å². The lowest BCUT2D eigenvalue weighted by molar-refractivity contribution is -0.115. The van der Waals surface area contributed by atoms with Gasteiger partial charge in [0.25, 0.3) is 0 Å². The maximum absolute atomic E-state index is 12.0. The molecule has 2 rings (SSSR count). The van der Waals surface area contributed by atoms with Gasteiger partial charge in [0.1, 0.15) is 0 Å². The molecule has 0 spiro atoms. The summed E-state index contributed by atoms with van der Waals surface area (Å²) in [7, 11) is 0. The van der Waals surface area contributed by atoms with Crippen molar-refractivity contribution in [3.8, 4) is 0 Å². The Balaban J connectivity index is 1.88. The SMILES string of the molecule is CC(C)(C)c1ccccc1NCCC(=O)Nc1ccc(Cl)cc1. The van der Waals surface area contributed by atoms with E-state index in [9.17, 15) is 4.79 Å². The van der Waals surface area contributed by atoms with Gasteiger partial charge >= 0.3 is 0 Å². The van der Waals surface area contributed by atoms with Crippen LogP contribution >= 0.6 is 11.6 Å². The Kier molecular flexibility index (Phi) is 5.67. The zero-order valence-corrected chi connectivity index (χ0v) is 14.6. The van der Waals surface area contributed by atoms with Crippen molar-refractivity contribution in [2.24, 2.45) is 0 Å². The van der Waals surface area contributed by atoms with Crippen LogP contribution in [-0.2, 0) is 10.2 Å². The molecule has 0 saturated heterocycles. The van der Waals surface area contributed by atoms with Gasteiger partial charge in [0.05, 0.1) is 0 Å². The lowest BCUT2D eigenvalue weighted by atomic mass is 9.86. The molecule has 0 bridgehead atoms. The summed E-state index contributed by atoms with van der Waals surface area (Å²) in [6, 6.07) is 15.3. The predicted octanol–water partition coefficient (Wildman–Crippen LogP) is 5.08. The van der Waals surface area contributed by atoms with Crippen LogP contribution in [0, 0.1) is 0 Å². The second-order valence-corrected chi connectivity index (χ2v) is 6.96. The van der Waals surface area contributed by atoms with Gasteiger partial charge in [-0.25, -0.2) is 0 Å². The molecule has 1 amide bonds. The summed E-state index contributed by atoms with van der Waals surface area (Å²) in [5.41, 5.74) is 3.15. The minimum absolute atomic E-state index is 0.0203. The van der Waals surface area contributed by atoms with Crippen LogP contribution in [0.3, 0.4) is 0 Å². The fraction of sp³-hybridized carbons (Fsp3) is 0.316. The highest BCUT2D eigenvalue weighted by molar-refractivity contribution is 6.30.